The molecule has 1 aliphatic heterocycles. The molecule has 1 saturated heterocycles. The maximum atomic E-state index is 12.3. The Morgan fingerprint density at radius 1 is 1.27 bits per heavy atom. The fraction of sp³-hybridized carbons (Fsp3) is 0.562. The van der Waals surface area contributed by atoms with E-state index in [-0.39, 0.29) is 29.6 Å². The summed E-state index contributed by atoms with van der Waals surface area (Å²) >= 11 is 1.44. The van der Waals surface area contributed by atoms with Crippen molar-refractivity contribution in [3.05, 3.63) is 23.2 Å². The van der Waals surface area contributed by atoms with Crippen LogP contribution in [0.5, 0.6) is 0 Å². The van der Waals surface area contributed by atoms with E-state index in [1.165, 1.54) is 17.7 Å². The minimum atomic E-state index is -0.163. The van der Waals surface area contributed by atoms with Gasteiger partial charge in [0, 0.05) is 37.0 Å². The van der Waals surface area contributed by atoms with Gasteiger partial charge in [-0.1, -0.05) is 20.8 Å². The first-order valence-corrected chi connectivity index (χ1v) is 9.34. The summed E-state index contributed by atoms with van der Waals surface area (Å²) in [6.07, 6.45) is 1.32. The number of hydrogen-bond donors (Lipinski definition) is 2. The molecule has 0 aliphatic carbocycles. The smallest absolute Gasteiger partial charge is 0.291 e. The number of amides is 2. The Morgan fingerprint density at radius 3 is 2.58 bits per heavy atom. The Morgan fingerprint density at radius 2 is 2.00 bits per heavy atom. The fourth-order valence-electron chi connectivity index (χ4n) is 2.60. The lowest BCUT2D eigenvalue weighted by Crippen LogP contribution is -2.50. The normalized spacial score (nSPS) is 15.9. The number of nitrogens with zero attached hydrogens (tertiary/aromatic N) is 5. The third kappa shape index (κ3) is 4.44. The third-order valence-electron chi connectivity index (χ3n) is 4.16. The van der Waals surface area contributed by atoms with Crippen LogP contribution in [-0.2, 0) is 10.2 Å². The minimum Gasteiger partial charge on any atom is -0.333 e. The number of nitrogens with one attached hydrogen (secondary N) is 2. The summed E-state index contributed by atoms with van der Waals surface area (Å²) in [5.41, 5.74) is 0.934. The quantitative estimate of drug-likeness (QED) is 0.822. The van der Waals surface area contributed by atoms with Gasteiger partial charge in [-0.15, -0.1) is 11.3 Å². The number of thiazole rings is 1. The number of carbonyl (C=O) groups is 2. The second kappa shape index (κ2) is 7.50. The first-order chi connectivity index (χ1) is 12.3. The van der Waals surface area contributed by atoms with Crippen LogP contribution in [-0.4, -0.2) is 74.5 Å². The molecule has 2 aromatic heterocycles. The van der Waals surface area contributed by atoms with E-state index in [4.69, 9.17) is 0 Å². The molecule has 1 aliphatic rings. The van der Waals surface area contributed by atoms with E-state index in [9.17, 15) is 9.59 Å². The highest BCUT2D eigenvalue weighted by molar-refractivity contribution is 7.13. The predicted molar refractivity (Wildman–Crippen MR) is 98.2 cm³/mol. The summed E-state index contributed by atoms with van der Waals surface area (Å²) < 4.78 is 0. The average molecular weight is 377 g/mol. The Balaban J connectivity index is 1.46. The van der Waals surface area contributed by atoms with Crippen LogP contribution in [0.4, 0.5) is 5.13 Å². The molecule has 2 amide bonds. The van der Waals surface area contributed by atoms with Crippen LogP contribution in [0.25, 0.3) is 0 Å². The van der Waals surface area contributed by atoms with Crippen LogP contribution < -0.4 is 5.32 Å². The van der Waals surface area contributed by atoms with Gasteiger partial charge < -0.3 is 10.2 Å². The van der Waals surface area contributed by atoms with E-state index in [0.29, 0.717) is 31.3 Å². The van der Waals surface area contributed by atoms with Gasteiger partial charge in [0.05, 0.1) is 12.2 Å². The molecule has 10 heteroatoms. The van der Waals surface area contributed by atoms with Crippen LogP contribution in [0.3, 0.4) is 0 Å². The Bertz CT molecular complexity index is 758. The zero-order valence-electron chi connectivity index (χ0n) is 15.2. The van der Waals surface area contributed by atoms with Crippen molar-refractivity contribution >= 4 is 28.3 Å². The summed E-state index contributed by atoms with van der Waals surface area (Å²) in [4.78, 5) is 36.6. The molecular weight excluding hydrogens is 354 g/mol. The summed E-state index contributed by atoms with van der Waals surface area (Å²) in [5, 5.41) is 11.7. The number of anilines is 1. The van der Waals surface area contributed by atoms with Gasteiger partial charge in [-0.3, -0.25) is 19.6 Å². The van der Waals surface area contributed by atoms with Gasteiger partial charge >= 0.3 is 0 Å². The van der Waals surface area contributed by atoms with Crippen LogP contribution in [0.15, 0.2) is 11.7 Å². The molecule has 3 rings (SSSR count). The van der Waals surface area contributed by atoms with Crippen molar-refractivity contribution in [1.29, 1.82) is 0 Å². The molecule has 0 radical (unpaired) electrons. The number of H-pyrrole nitrogens is 1. The second-order valence-corrected chi connectivity index (χ2v) is 8.10. The standard InChI is InChI=1S/C16H23N7O2S/c1-16(2,3)11-9-26-15(19-11)20-12(24)8-22-4-6-23(7-5-22)14(25)13-17-10-18-21-13/h9-10H,4-8H2,1-3H3,(H,17,18,21)(H,19,20,24). The monoisotopic (exact) mass is 377 g/mol. The summed E-state index contributed by atoms with van der Waals surface area (Å²) in [5.74, 6) is -0.00599. The van der Waals surface area contributed by atoms with Gasteiger partial charge in [0.2, 0.25) is 11.7 Å². The van der Waals surface area contributed by atoms with E-state index < -0.39 is 0 Å². The zero-order valence-corrected chi connectivity index (χ0v) is 16.0. The Hall–Kier alpha value is -2.33. The van der Waals surface area contributed by atoms with E-state index in [1.807, 2.05) is 10.3 Å². The maximum Gasteiger partial charge on any atom is 0.291 e. The lowest BCUT2D eigenvalue weighted by molar-refractivity contribution is -0.117. The van der Waals surface area contributed by atoms with Gasteiger partial charge in [0.25, 0.3) is 5.91 Å². The lowest BCUT2D eigenvalue weighted by atomic mass is 9.93. The highest BCUT2D eigenvalue weighted by atomic mass is 32.1. The Kier molecular flexibility index (Phi) is 5.33. The first kappa shape index (κ1) is 18.5. The number of hydrogen-bond acceptors (Lipinski definition) is 7. The van der Waals surface area contributed by atoms with Crippen molar-refractivity contribution in [3.8, 4) is 0 Å². The van der Waals surface area contributed by atoms with Crippen LogP contribution in [0.1, 0.15) is 37.1 Å². The third-order valence-corrected chi connectivity index (χ3v) is 4.92. The predicted octanol–water partition coefficient (Wildman–Crippen LogP) is 0.955. The van der Waals surface area contributed by atoms with Crippen molar-refractivity contribution in [2.24, 2.45) is 0 Å². The van der Waals surface area contributed by atoms with E-state index >= 15 is 0 Å². The van der Waals surface area contributed by atoms with Crippen molar-refractivity contribution in [1.82, 2.24) is 30.0 Å². The van der Waals surface area contributed by atoms with E-state index in [1.54, 1.807) is 4.90 Å². The second-order valence-electron chi connectivity index (χ2n) is 7.24. The minimum absolute atomic E-state index is 0.0359. The van der Waals surface area contributed by atoms with E-state index in [0.717, 1.165) is 5.69 Å². The van der Waals surface area contributed by atoms with Crippen LogP contribution >= 0.6 is 11.3 Å². The van der Waals surface area contributed by atoms with Crippen LogP contribution in [0, 0.1) is 0 Å². The number of aromatic amines is 1. The van der Waals surface area contributed by atoms with Gasteiger partial charge in [0.1, 0.15) is 6.33 Å². The molecule has 0 aromatic carbocycles. The first-order valence-electron chi connectivity index (χ1n) is 8.46. The topological polar surface area (TPSA) is 107 Å². The number of piperazine rings is 1. The van der Waals surface area contributed by atoms with Crippen LogP contribution in [0.2, 0.25) is 0 Å². The molecule has 2 N–H and O–H groups in total. The SMILES string of the molecule is CC(C)(C)c1csc(NC(=O)CN2CCN(C(=O)c3ncn[nH]3)CC2)n1. The zero-order chi connectivity index (χ0) is 18.7. The molecule has 0 unspecified atom stereocenters. The molecule has 2 aromatic rings. The molecule has 3 heterocycles. The largest absolute Gasteiger partial charge is 0.333 e. The number of rotatable bonds is 4. The van der Waals surface area contributed by atoms with Gasteiger partial charge in [0.15, 0.2) is 5.13 Å². The Labute approximate surface area is 155 Å². The molecule has 0 saturated carbocycles. The molecular formula is C16H23N7O2S. The summed E-state index contributed by atoms with van der Waals surface area (Å²) in [7, 11) is 0. The molecule has 140 valence electrons. The van der Waals surface area contributed by atoms with Crippen molar-refractivity contribution in [2.75, 3.05) is 38.0 Å². The van der Waals surface area contributed by atoms with Crippen molar-refractivity contribution < 1.29 is 9.59 Å². The molecule has 0 atom stereocenters. The lowest BCUT2D eigenvalue weighted by Gasteiger charge is -2.33. The molecule has 0 spiro atoms. The molecule has 0 bridgehead atoms. The van der Waals surface area contributed by atoms with Gasteiger partial charge in [-0.25, -0.2) is 9.97 Å². The average Bonchev–Trinajstić information content (AvgIpc) is 3.26. The van der Waals surface area contributed by atoms with Gasteiger partial charge in [-0.2, -0.15) is 5.10 Å². The fourth-order valence-corrected chi connectivity index (χ4v) is 3.56. The van der Waals surface area contributed by atoms with Crippen molar-refractivity contribution in [3.63, 3.8) is 0 Å². The molecule has 26 heavy (non-hydrogen) atoms. The number of carbonyl (C=O) groups excluding carboxylic acids is 2. The highest BCUT2D eigenvalue weighted by Crippen LogP contribution is 2.26. The molecule has 1 fully saturated rings. The van der Waals surface area contributed by atoms with E-state index in [2.05, 4.69) is 46.3 Å². The molecule has 9 nitrogen and oxygen atoms in total. The number of aromatic nitrogens is 4. The van der Waals surface area contributed by atoms with Gasteiger partial charge in [-0.05, 0) is 0 Å². The highest BCUT2D eigenvalue weighted by Gasteiger charge is 2.25. The maximum absolute atomic E-state index is 12.3. The summed E-state index contributed by atoms with van der Waals surface area (Å²) in [6.45, 7) is 8.94. The van der Waals surface area contributed by atoms with Crippen molar-refractivity contribution in [2.45, 2.75) is 26.2 Å². The summed E-state index contributed by atoms with van der Waals surface area (Å²) in [6, 6.07) is 0.